The van der Waals surface area contributed by atoms with Gasteiger partial charge in [-0.2, -0.15) is 4.31 Å². The summed E-state index contributed by atoms with van der Waals surface area (Å²) in [5.41, 5.74) is 0.236. The molecule has 0 aromatic heterocycles. The van der Waals surface area contributed by atoms with Crippen molar-refractivity contribution in [3.05, 3.63) is 54.1 Å². The molecule has 16 heteroatoms. The van der Waals surface area contributed by atoms with Gasteiger partial charge in [-0.1, -0.05) is 50.6 Å². The molecule has 288 valence electrons. The number of unbranched alkanes of at least 4 members (excludes halogenated alkanes) is 1. The minimum atomic E-state index is -4.22. The highest BCUT2D eigenvalue weighted by molar-refractivity contribution is 7.89. The van der Waals surface area contributed by atoms with Crippen molar-refractivity contribution in [3.8, 4) is 11.5 Å². The number of sulfonamides is 1. The molecule has 2 fully saturated rings. The molecule has 2 aromatic carbocycles. The largest absolute Gasteiger partial charge is 0.465 e. The van der Waals surface area contributed by atoms with Gasteiger partial charge in [0.25, 0.3) is 0 Å². The number of aliphatic hydroxyl groups excluding tert-OH is 1. The van der Waals surface area contributed by atoms with Crippen molar-refractivity contribution >= 4 is 22.2 Å². The van der Waals surface area contributed by atoms with Gasteiger partial charge in [0.05, 0.1) is 42.8 Å². The second-order valence-corrected chi connectivity index (χ2v) is 16.1. The van der Waals surface area contributed by atoms with Gasteiger partial charge < -0.3 is 48.9 Å². The molecule has 3 aliphatic rings. The van der Waals surface area contributed by atoms with Crippen molar-refractivity contribution in [2.24, 2.45) is 11.3 Å². The van der Waals surface area contributed by atoms with E-state index in [2.05, 4.69) is 5.32 Å². The normalized spacial score (nSPS) is 20.8. The molecule has 52 heavy (non-hydrogen) atoms. The standard InChI is InChI=1S/C36H51N3O12S/c1-36(2,14-7-8-15-38(35(42)43)16-18-46-3)23-39(52(44,45)26-11-12-30-31(20-26)50-24-49-30)21-29(40)28(19-25-9-5-4-6-10-25)37-34(41)51-32-22-48-33-27(32)13-17-47-33/h4-6,9-12,20,27-29,32-33,40H,7-8,13-19,21-24H2,1-3H3,(H,37,41)(H,42,43)/t27-,28-,29+,32-,33+/m0/s1. The Bertz CT molecular complexity index is 1590. The Kier molecular flexibility index (Phi) is 13.6. The van der Waals surface area contributed by atoms with Crippen molar-refractivity contribution in [2.75, 3.05) is 59.9 Å². The Hall–Kier alpha value is -3.67. The molecule has 0 spiro atoms. The number of carboxylic acid groups (broad SMARTS) is 1. The van der Waals surface area contributed by atoms with Crippen LogP contribution in [0.5, 0.6) is 11.5 Å². The van der Waals surface area contributed by atoms with Crippen LogP contribution in [0.2, 0.25) is 0 Å². The van der Waals surface area contributed by atoms with E-state index in [0.717, 1.165) is 5.56 Å². The van der Waals surface area contributed by atoms with Gasteiger partial charge >= 0.3 is 12.2 Å². The number of hydrogen-bond acceptors (Lipinski definition) is 11. The smallest absolute Gasteiger partial charge is 0.407 e. The fourth-order valence-electron chi connectivity index (χ4n) is 6.76. The molecule has 2 amide bonds. The van der Waals surface area contributed by atoms with Gasteiger partial charge in [-0.25, -0.2) is 18.0 Å². The monoisotopic (exact) mass is 749 g/mol. The van der Waals surface area contributed by atoms with Gasteiger partial charge in [0, 0.05) is 39.4 Å². The van der Waals surface area contributed by atoms with Gasteiger partial charge in [-0.3, -0.25) is 0 Å². The quantitative estimate of drug-likeness (QED) is 0.178. The number of nitrogens with zero attached hydrogens (tertiary/aromatic N) is 2. The van der Waals surface area contributed by atoms with Crippen LogP contribution in [0.1, 0.15) is 45.1 Å². The van der Waals surface area contributed by atoms with Crippen LogP contribution >= 0.6 is 0 Å². The number of nitrogens with one attached hydrogen (secondary N) is 1. The summed E-state index contributed by atoms with van der Waals surface area (Å²) in [5, 5.41) is 24.2. The highest BCUT2D eigenvalue weighted by Crippen LogP contribution is 2.36. The van der Waals surface area contributed by atoms with Gasteiger partial charge in [-0.15, -0.1) is 0 Å². The first kappa shape index (κ1) is 39.5. The van der Waals surface area contributed by atoms with Crippen LogP contribution in [0.25, 0.3) is 0 Å². The summed E-state index contributed by atoms with van der Waals surface area (Å²) in [7, 11) is -2.70. The van der Waals surface area contributed by atoms with Gasteiger partial charge in [0.1, 0.15) is 6.10 Å². The van der Waals surface area contributed by atoms with Gasteiger partial charge in [-0.05, 0) is 48.8 Å². The molecule has 3 aliphatic heterocycles. The van der Waals surface area contributed by atoms with Crippen LogP contribution < -0.4 is 14.8 Å². The Morgan fingerprint density at radius 3 is 2.58 bits per heavy atom. The number of carbonyl (C=O) groups is 2. The highest BCUT2D eigenvalue weighted by Gasteiger charge is 2.44. The average Bonchev–Trinajstić information content (AvgIpc) is 3.86. The topological polar surface area (TPSA) is 183 Å². The predicted molar refractivity (Wildman–Crippen MR) is 188 cm³/mol. The van der Waals surface area contributed by atoms with Crippen molar-refractivity contribution in [1.82, 2.24) is 14.5 Å². The molecular formula is C36H51N3O12S. The molecule has 0 unspecified atom stereocenters. The van der Waals surface area contributed by atoms with Crippen molar-refractivity contribution in [3.63, 3.8) is 0 Å². The summed E-state index contributed by atoms with van der Waals surface area (Å²) in [4.78, 5) is 26.2. The lowest BCUT2D eigenvalue weighted by Crippen LogP contribution is -2.52. The first-order chi connectivity index (χ1) is 24.9. The average molecular weight is 750 g/mol. The number of methoxy groups -OCH3 is 1. The molecule has 2 aromatic rings. The Balaban J connectivity index is 1.33. The third kappa shape index (κ3) is 10.5. The number of alkyl carbamates (subject to hydrolysis) is 1. The number of fused-ring (bicyclic) bond motifs is 2. The lowest BCUT2D eigenvalue weighted by molar-refractivity contribution is -0.0907. The number of amides is 2. The Morgan fingerprint density at radius 1 is 1.06 bits per heavy atom. The number of hydrogen-bond donors (Lipinski definition) is 3. The lowest BCUT2D eigenvalue weighted by Gasteiger charge is -2.35. The zero-order valence-electron chi connectivity index (χ0n) is 30.0. The minimum absolute atomic E-state index is 0.0244. The van der Waals surface area contributed by atoms with E-state index in [-0.39, 0.29) is 56.9 Å². The molecule has 5 atom stereocenters. The van der Waals surface area contributed by atoms with Crippen LogP contribution in [0.3, 0.4) is 0 Å². The van der Waals surface area contributed by atoms with Crippen molar-refractivity contribution in [2.45, 2.75) is 75.4 Å². The van der Waals surface area contributed by atoms with E-state index in [1.807, 2.05) is 44.2 Å². The molecule has 0 radical (unpaired) electrons. The number of carbonyl (C=O) groups excluding carboxylic acids is 1. The molecule has 3 N–H and O–H groups in total. The molecule has 0 saturated carbocycles. The van der Waals surface area contributed by atoms with Crippen LogP contribution in [-0.4, -0.2) is 124 Å². The molecule has 5 rings (SSSR count). The Labute approximate surface area is 305 Å². The zero-order valence-corrected chi connectivity index (χ0v) is 30.8. The third-order valence-electron chi connectivity index (χ3n) is 9.65. The summed E-state index contributed by atoms with van der Waals surface area (Å²) in [6.07, 6.45) is -1.35. The maximum atomic E-state index is 14.4. The zero-order chi connectivity index (χ0) is 37.3. The summed E-state index contributed by atoms with van der Waals surface area (Å²) in [6, 6.07) is 12.7. The van der Waals surface area contributed by atoms with Crippen LogP contribution in [-0.2, 0) is 35.4 Å². The number of benzene rings is 2. The SMILES string of the molecule is COCCN(CCCCC(C)(C)CN(C[C@@H](O)[C@H](Cc1ccccc1)NC(=O)O[C@H]1CO[C@H]2OCC[C@H]21)S(=O)(=O)c1ccc2c(c1)OCO2)C(=O)O. The maximum absolute atomic E-state index is 14.4. The lowest BCUT2D eigenvalue weighted by atomic mass is 9.87. The summed E-state index contributed by atoms with van der Waals surface area (Å²) >= 11 is 0. The highest BCUT2D eigenvalue weighted by atomic mass is 32.2. The summed E-state index contributed by atoms with van der Waals surface area (Å²) in [5.74, 6) is 0.653. The number of rotatable bonds is 19. The molecular weight excluding hydrogens is 698 g/mol. The molecule has 3 heterocycles. The van der Waals surface area contributed by atoms with E-state index in [4.69, 9.17) is 28.4 Å². The second kappa shape index (κ2) is 17.9. The Morgan fingerprint density at radius 2 is 1.83 bits per heavy atom. The molecule has 2 saturated heterocycles. The fraction of sp³-hybridized carbons (Fsp3) is 0.611. The van der Waals surface area contributed by atoms with Gasteiger partial charge in [0.2, 0.25) is 16.8 Å². The van der Waals surface area contributed by atoms with Gasteiger partial charge in [0.15, 0.2) is 17.8 Å². The third-order valence-corrected chi connectivity index (χ3v) is 11.5. The van der Waals surface area contributed by atoms with E-state index in [9.17, 15) is 28.2 Å². The second-order valence-electron chi connectivity index (χ2n) is 14.2. The van der Waals surface area contributed by atoms with Crippen LogP contribution in [0.15, 0.2) is 53.4 Å². The maximum Gasteiger partial charge on any atom is 0.407 e. The van der Waals surface area contributed by atoms with E-state index in [1.165, 1.54) is 34.5 Å². The molecule has 0 bridgehead atoms. The number of aliphatic hydroxyl groups is 1. The van der Waals surface area contributed by atoms with E-state index in [1.54, 1.807) is 0 Å². The molecule has 0 aliphatic carbocycles. The predicted octanol–water partition coefficient (Wildman–Crippen LogP) is 3.69. The number of ether oxygens (including phenoxy) is 6. The summed E-state index contributed by atoms with van der Waals surface area (Å²) < 4.78 is 62.8. The minimum Gasteiger partial charge on any atom is -0.465 e. The fourth-order valence-corrected chi connectivity index (χ4v) is 8.42. The first-order valence-electron chi connectivity index (χ1n) is 17.7. The van der Waals surface area contributed by atoms with Crippen molar-refractivity contribution in [1.29, 1.82) is 0 Å². The van der Waals surface area contributed by atoms with E-state index in [0.29, 0.717) is 50.3 Å². The van der Waals surface area contributed by atoms with E-state index < -0.39 is 52.2 Å². The van der Waals surface area contributed by atoms with E-state index >= 15 is 0 Å². The first-order valence-corrected chi connectivity index (χ1v) is 19.1. The van der Waals surface area contributed by atoms with Crippen LogP contribution in [0.4, 0.5) is 9.59 Å². The van der Waals surface area contributed by atoms with Crippen molar-refractivity contribution < 1.29 is 56.6 Å². The van der Waals surface area contributed by atoms with Crippen LogP contribution in [0, 0.1) is 11.3 Å². The summed E-state index contributed by atoms with van der Waals surface area (Å²) in [6.45, 7) is 5.11. The molecule has 15 nitrogen and oxygen atoms in total.